The minimum atomic E-state index is 0.300. The summed E-state index contributed by atoms with van der Waals surface area (Å²) in [4.78, 5) is 2.54. The van der Waals surface area contributed by atoms with Gasteiger partial charge in [-0.2, -0.15) is 0 Å². The first-order valence-corrected chi connectivity index (χ1v) is 5.40. The van der Waals surface area contributed by atoms with Crippen LogP contribution in [0.5, 0.6) is 0 Å². The summed E-state index contributed by atoms with van der Waals surface area (Å²) in [7, 11) is 0. The van der Waals surface area contributed by atoms with Gasteiger partial charge in [0.15, 0.2) is 0 Å². The van der Waals surface area contributed by atoms with Gasteiger partial charge in [0.1, 0.15) is 0 Å². The molecule has 1 aliphatic heterocycles. The minimum Gasteiger partial charge on any atom is -0.396 e. The molecule has 1 saturated heterocycles. The van der Waals surface area contributed by atoms with Gasteiger partial charge in [0.25, 0.3) is 0 Å². The van der Waals surface area contributed by atoms with Crippen molar-refractivity contribution in [2.45, 2.75) is 45.6 Å². The van der Waals surface area contributed by atoms with Crippen LogP contribution in [0.3, 0.4) is 0 Å². The number of hydrogen-bond donors (Lipinski definition) is 1. The summed E-state index contributed by atoms with van der Waals surface area (Å²) in [5.74, 6) is 0.720. The maximum atomic E-state index is 8.89. The van der Waals surface area contributed by atoms with E-state index in [-0.39, 0.29) is 0 Å². The molecule has 1 heterocycles. The molecule has 0 aromatic rings. The van der Waals surface area contributed by atoms with Gasteiger partial charge in [-0.25, -0.2) is 0 Å². The van der Waals surface area contributed by atoms with Gasteiger partial charge in [-0.1, -0.05) is 0 Å². The second-order valence-electron chi connectivity index (χ2n) is 5.14. The van der Waals surface area contributed by atoms with Gasteiger partial charge in [0, 0.05) is 18.7 Å². The SMILES string of the molecule is CC(C)(C)N1CCCC(CCO)C1. The third-order valence-electron chi connectivity index (χ3n) is 3.01. The van der Waals surface area contributed by atoms with Crippen molar-refractivity contribution in [1.29, 1.82) is 0 Å². The maximum Gasteiger partial charge on any atom is 0.0434 e. The molecule has 1 aliphatic rings. The zero-order valence-corrected chi connectivity index (χ0v) is 9.21. The zero-order valence-electron chi connectivity index (χ0n) is 9.21. The molecule has 0 amide bonds. The predicted molar refractivity (Wildman–Crippen MR) is 55.8 cm³/mol. The van der Waals surface area contributed by atoms with E-state index in [0.29, 0.717) is 12.1 Å². The van der Waals surface area contributed by atoms with Crippen LogP contribution < -0.4 is 0 Å². The van der Waals surface area contributed by atoms with Crippen molar-refractivity contribution < 1.29 is 5.11 Å². The van der Waals surface area contributed by atoms with Crippen LogP contribution in [0.25, 0.3) is 0 Å². The summed E-state index contributed by atoms with van der Waals surface area (Å²) in [6, 6.07) is 0. The van der Waals surface area contributed by atoms with Crippen LogP contribution in [-0.4, -0.2) is 35.2 Å². The van der Waals surface area contributed by atoms with Crippen molar-refractivity contribution in [3.63, 3.8) is 0 Å². The molecule has 2 nitrogen and oxygen atoms in total. The van der Waals surface area contributed by atoms with Gasteiger partial charge < -0.3 is 5.11 Å². The molecule has 78 valence electrons. The van der Waals surface area contributed by atoms with Crippen molar-refractivity contribution in [2.24, 2.45) is 5.92 Å². The van der Waals surface area contributed by atoms with E-state index in [4.69, 9.17) is 5.11 Å². The molecule has 0 bridgehead atoms. The Labute approximate surface area is 81.9 Å². The van der Waals surface area contributed by atoms with Crippen LogP contribution in [0.4, 0.5) is 0 Å². The first-order valence-electron chi connectivity index (χ1n) is 5.40. The fraction of sp³-hybridized carbons (Fsp3) is 1.00. The van der Waals surface area contributed by atoms with Gasteiger partial charge in [0.2, 0.25) is 0 Å². The normalized spacial score (nSPS) is 26.3. The van der Waals surface area contributed by atoms with E-state index in [1.165, 1.54) is 25.9 Å². The molecular weight excluding hydrogens is 162 g/mol. The quantitative estimate of drug-likeness (QED) is 0.710. The van der Waals surface area contributed by atoms with E-state index >= 15 is 0 Å². The number of aliphatic hydroxyl groups is 1. The van der Waals surface area contributed by atoms with E-state index in [2.05, 4.69) is 25.7 Å². The lowest BCUT2D eigenvalue weighted by atomic mass is 9.91. The average Bonchev–Trinajstić information content (AvgIpc) is 2.04. The Bertz CT molecular complexity index is 149. The van der Waals surface area contributed by atoms with E-state index < -0.39 is 0 Å². The Morgan fingerprint density at radius 2 is 2.08 bits per heavy atom. The lowest BCUT2D eigenvalue weighted by molar-refractivity contribution is 0.0695. The highest BCUT2D eigenvalue weighted by molar-refractivity contribution is 4.82. The lowest BCUT2D eigenvalue weighted by Crippen LogP contribution is -2.47. The van der Waals surface area contributed by atoms with Crippen molar-refractivity contribution in [2.75, 3.05) is 19.7 Å². The van der Waals surface area contributed by atoms with E-state index in [1.807, 2.05) is 0 Å². The maximum absolute atomic E-state index is 8.89. The first-order chi connectivity index (χ1) is 6.04. The number of nitrogens with zero attached hydrogens (tertiary/aromatic N) is 1. The molecule has 0 saturated carbocycles. The van der Waals surface area contributed by atoms with Gasteiger partial charge in [-0.05, 0) is 52.5 Å². The molecule has 0 aromatic carbocycles. The van der Waals surface area contributed by atoms with Gasteiger partial charge >= 0.3 is 0 Å². The molecule has 0 radical (unpaired) electrons. The second kappa shape index (κ2) is 4.43. The molecule has 0 aromatic heterocycles. The summed E-state index contributed by atoms with van der Waals surface area (Å²) in [6.45, 7) is 9.56. The van der Waals surface area contributed by atoms with Crippen LogP contribution in [0.2, 0.25) is 0 Å². The molecule has 1 fully saturated rings. The Balaban J connectivity index is 2.42. The number of hydrogen-bond acceptors (Lipinski definition) is 2. The monoisotopic (exact) mass is 185 g/mol. The van der Waals surface area contributed by atoms with Crippen molar-refractivity contribution >= 4 is 0 Å². The Hall–Kier alpha value is -0.0800. The average molecular weight is 185 g/mol. The number of rotatable bonds is 2. The molecule has 1 N–H and O–H groups in total. The van der Waals surface area contributed by atoms with Crippen LogP contribution in [0.1, 0.15) is 40.0 Å². The van der Waals surface area contributed by atoms with E-state index in [9.17, 15) is 0 Å². The molecule has 1 rings (SSSR count). The zero-order chi connectivity index (χ0) is 9.90. The standard InChI is InChI=1S/C11H23NO/c1-11(2,3)12-7-4-5-10(9-12)6-8-13/h10,13H,4-9H2,1-3H3. The van der Waals surface area contributed by atoms with Crippen molar-refractivity contribution in [3.05, 3.63) is 0 Å². The molecule has 2 heteroatoms. The van der Waals surface area contributed by atoms with Gasteiger partial charge in [0.05, 0.1) is 0 Å². The van der Waals surface area contributed by atoms with Crippen LogP contribution in [-0.2, 0) is 0 Å². The Kier molecular flexibility index (Phi) is 3.74. The van der Waals surface area contributed by atoms with Crippen LogP contribution in [0.15, 0.2) is 0 Å². The summed E-state index contributed by atoms with van der Waals surface area (Å²) in [6.07, 6.45) is 3.57. The van der Waals surface area contributed by atoms with Crippen LogP contribution in [0, 0.1) is 5.92 Å². The van der Waals surface area contributed by atoms with Gasteiger partial charge in [-0.15, -0.1) is 0 Å². The number of likely N-dealkylation sites (tertiary alicyclic amines) is 1. The Morgan fingerprint density at radius 1 is 1.38 bits per heavy atom. The lowest BCUT2D eigenvalue weighted by Gasteiger charge is -2.41. The highest BCUT2D eigenvalue weighted by Gasteiger charge is 2.27. The summed E-state index contributed by atoms with van der Waals surface area (Å²) < 4.78 is 0. The largest absolute Gasteiger partial charge is 0.396 e. The molecule has 0 spiro atoms. The van der Waals surface area contributed by atoms with E-state index in [1.54, 1.807) is 0 Å². The smallest absolute Gasteiger partial charge is 0.0434 e. The third-order valence-corrected chi connectivity index (χ3v) is 3.01. The molecule has 0 aliphatic carbocycles. The fourth-order valence-corrected chi connectivity index (χ4v) is 2.09. The minimum absolute atomic E-state index is 0.300. The number of aliphatic hydroxyl groups excluding tert-OH is 1. The third kappa shape index (κ3) is 3.28. The fourth-order valence-electron chi connectivity index (χ4n) is 2.09. The Morgan fingerprint density at radius 3 is 2.62 bits per heavy atom. The highest BCUT2D eigenvalue weighted by Crippen LogP contribution is 2.25. The topological polar surface area (TPSA) is 23.5 Å². The highest BCUT2D eigenvalue weighted by atomic mass is 16.3. The molecule has 1 unspecified atom stereocenters. The molecular formula is C11H23NO. The molecule has 1 atom stereocenters. The molecule has 13 heavy (non-hydrogen) atoms. The number of piperidine rings is 1. The van der Waals surface area contributed by atoms with Crippen LogP contribution >= 0.6 is 0 Å². The van der Waals surface area contributed by atoms with Crippen molar-refractivity contribution in [1.82, 2.24) is 4.90 Å². The van der Waals surface area contributed by atoms with Crippen molar-refractivity contribution in [3.8, 4) is 0 Å². The second-order valence-corrected chi connectivity index (χ2v) is 5.14. The first kappa shape index (κ1) is 11.0. The van der Waals surface area contributed by atoms with Gasteiger partial charge in [-0.3, -0.25) is 4.90 Å². The van der Waals surface area contributed by atoms with E-state index in [0.717, 1.165) is 12.3 Å². The summed E-state index contributed by atoms with van der Waals surface area (Å²) in [5.41, 5.74) is 0.300. The summed E-state index contributed by atoms with van der Waals surface area (Å²) in [5, 5.41) is 8.89. The summed E-state index contributed by atoms with van der Waals surface area (Å²) >= 11 is 0. The predicted octanol–water partition coefficient (Wildman–Crippen LogP) is 1.88.